The third-order valence-electron chi connectivity index (χ3n) is 6.25. The third kappa shape index (κ3) is 4.78. The molecule has 4 rings (SSSR count). The van der Waals surface area contributed by atoms with Gasteiger partial charge in [-0.1, -0.05) is 16.8 Å². The predicted octanol–water partition coefficient (Wildman–Crippen LogP) is 3.22. The second-order valence-electron chi connectivity index (χ2n) is 8.51. The normalized spacial score (nSPS) is 18.0. The SMILES string of the molecule is Cc1noc(C)c1S(=O)(=O)N1CCC(C(=O)Nc2cc(Cl)ccc2C(=O)N2CCCC2)CC1. The molecule has 0 unspecified atom stereocenters. The van der Waals surface area contributed by atoms with Crippen LogP contribution in [0, 0.1) is 19.8 Å². The summed E-state index contributed by atoms with van der Waals surface area (Å²) in [7, 11) is -3.74. The number of amides is 2. The second-order valence-corrected chi connectivity index (χ2v) is 10.8. The lowest BCUT2D eigenvalue weighted by Crippen LogP contribution is -2.41. The van der Waals surface area contributed by atoms with Crippen molar-refractivity contribution < 1.29 is 22.5 Å². The fraction of sp³-hybridized carbons (Fsp3) is 0.500. The van der Waals surface area contributed by atoms with Gasteiger partial charge in [-0.25, -0.2) is 8.42 Å². The Bertz CT molecular complexity index is 1150. The summed E-state index contributed by atoms with van der Waals surface area (Å²) in [5.74, 6) is -0.500. The molecular weight excluding hydrogens is 468 g/mol. The van der Waals surface area contributed by atoms with Gasteiger partial charge in [0.05, 0.1) is 11.3 Å². The molecule has 1 aromatic heterocycles. The molecule has 1 aromatic carbocycles. The minimum absolute atomic E-state index is 0.0920. The van der Waals surface area contributed by atoms with E-state index in [1.165, 1.54) is 4.31 Å². The Morgan fingerprint density at radius 2 is 1.79 bits per heavy atom. The minimum atomic E-state index is -3.74. The zero-order chi connectivity index (χ0) is 23.8. The van der Waals surface area contributed by atoms with Crippen LogP contribution in [0.25, 0.3) is 0 Å². The van der Waals surface area contributed by atoms with E-state index in [9.17, 15) is 18.0 Å². The van der Waals surface area contributed by atoms with E-state index in [1.54, 1.807) is 36.9 Å². The van der Waals surface area contributed by atoms with Crippen LogP contribution in [0.4, 0.5) is 5.69 Å². The van der Waals surface area contributed by atoms with Gasteiger partial charge in [-0.3, -0.25) is 9.59 Å². The van der Waals surface area contributed by atoms with Crippen LogP contribution < -0.4 is 5.32 Å². The summed E-state index contributed by atoms with van der Waals surface area (Å²) in [6.07, 6.45) is 2.67. The highest BCUT2D eigenvalue weighted by atomic mass is 35.5. The van der Waals surface area contributed by atoms with Crippen LogP contribution in [-0.4, -0.2) is 60.8 Å². The molecule has 2 saturated heterocycles. The summed E-state index contributed by atoms with van der Waals surface area (Å²) in [5, 5.41) is 7.02. The third-order valence-corrected chi connectivity index (χ3v) is 8.63. The van der Waals surface area contributed by atoms with Crippen LogP contribution in [0.15, 0.2) is 27.6 Å². The number of carbonyl (C=O) groups excluding carboxylic acids is 2. The van der Waals surface area contributed by atoms with Gasteiger partial charge in [-0.05, 0) is 57.7 Å². The average Bonchev–Trinajstić information content (AvgIpc) is 3.43. The predicted molar refractivity (Wildman–Crippen MR) is 123 cm³/mol. The first-order valence-corrected chi connectivity index (χ1v) is 12.8. The smallest absolute Gasteiger partial charge is 0.255 e. The van der Waals surface area contributed by atoms with Crippen molar-refractivity contribution in [3.63, 3.8) is 0 Å². The average molecular weight is 495 g/mol. The quantitative estimate of drug-likeness (QED) is 0.682. The Morgan fingerprint density at radius 1 is 1.12 bits per heavy atom. The van der Waals surface area contributed by atoms with Gasteiger partial charge >= 0.3 is 0 Å². The Kier molecular flexibility index (Phi) is 6.78. The number of nitrogens with one attached hydrogen (secondary N) is 1. The molecule has 0 atom stereocenters. The molecule has 0 bridgehead atoms. The molecule has 2 aromatic rings. The lowest BCUT2D eigenvalue weighted by Gasteiger charge is -2.30. The number of aromatic nitrogens is 1. The number of rotatable bonds is 5. The van der Waals surface area contributed by atoms with E-state index in [-0.39, 0.29) is 41.5 Å². The number of carbonyl (C=O) groups is 2. The Balaban J connectivity index is 1.44. The molecule has 1 N–H and O–H groups in total. The van der Waals surface area contributed by atoms with Crippen LogP contribution in [0.3, 0.4) is 0 Å². The summed E-state index contributed by atoms with van der Waals surface area (Å²) < 4.78 is 32.4. The van der Waals surface area contributed by atoms with Crippen LogP contribution in [0.1, 0.15) is 47.5 Å². The maximum atomic E-state index is 13.0. The fourth-order valence-corrected chi connectivity index (χ4v) is 6.40. The number of nitrogens with zero attached hydrogens (tertiary/aromatic N) is 3. The van der Waals surface area contributed by atoms with E-state index in [0.717, 1.165) is 12.8 Å². The van der Waals surface area contributed by atoms with E-state index >= 15 is 0 Å². The van der Waals surface area contributed by atoms with E-state index in [1.807, 2.05) is 0 Å². The Labute approximate surface area is 198 Å². The first-order chi connectivity index (χ1) is 15.7. The van der Waals surface area contributed by atoms with Crippen molar-refractivity contribution in [2.45, 2.75) is 44.4 Å². The fourth-order valence-electron chi connectivity index (χ4n) is 4.46. The molecule has 2 aliphatic rings. The number of anilines is 1. The molecule has 11 heteroatoms. The van der Waals surface area contributed by atoms with Gasteiger partial charge in [0.15, 0.2) is 5.76 Å². The highest BCUT2D eigenvalue weighted by Gasteiger charge is 2.35. The number of hydrogen-bond acceptors (Lipinski definition) is 6. The zero-order valence-corrected chi connectivity index (χ0v) is 20.2. The van der Waals surface area contributed by atoms with Crippen molar-refractivity contribution >= 4 is 39.1 Å². The monoisotopic (exact) mass is 494 g/mol. The van der Waals surface area contributed by atoms with Gasteiger partial charge in [0.1, 0.15) is 10.6 Å². The van der Waals surface area contributed by atoms with Crippen molar-refractivity contribution in [2.24, 2.45) is 5.92 Å². The van der Waals surface area contributed by atoms with Crippen LogP contribution in [-0.2, 0) is 14.8 Å². The number of benzene rings is 1. The molecule has 178 valence electrons. The number of likely N-dealkylation sites (tertiary alicyclic amines) is 1. The Hall–Kier alpha value is -2.43. The molecule has 0 spiro atoms. The van der Waals surface area contributed by atoms with E-state index < -0.39 is 10.0 Å². The van der Waals surface area contributed by atoms with Crippen molar-refractivity contribution in [3.05, 3.63) is 40.2 Å². The van der Waals surface area contributed by atoms with Crippen LogP contribution in [0.5, 0.6) is 0 Å². The molecule has 0 saturated carbocycles. The molecule has 2 amide bonds. The molecule has 0 aliphatic carbocycles. The number of halogens is 1. The summed E-state index contributed by atoms with van der Waals surface area (Å²) in [4.78, 5) is 27.8. The second kappa shape index (κ2) is 9.44. The van der Waals surface area contributed by atoms with Crippen molar-refractivity contribution in [3.8, 4) is 0 Å². The van der Waals surface area contributed by atoms with Crippen LogP contribution >= 0.6 is 11.6 Å². The molecule has 33 heavy (non-hydrogen) atoms. The Morgan fingerprint density at radius 3 is 2.39 bits per heavy atom. The molecule has 2 aliphatic heterocycles. The summed E-state index contributed by atoms with van der Waals surface area (Å²) in [6, 6.07) is 4.86. The molecule has 2 fully saturated rings. The summed E-state index contributed by atoms with van der Waals surface area (Å²) >= 11 is 6.13. The lowest BCUT2D eigenvalue weighted by molar-refractivity contribution is -0.120. The number of piperidine rings is 1. The maximum Gasteiger partial charge on any atom is 0.255 e. The van der Waals surface area contributed by atoms with E-state index in [2.05, 4.69) is 10.5 Å². The summed E-state index contributed by atoms with van der Waals surface area (Å²) in [6.45, 7) is 4.98. The van der Waals surface area contributed by atoms with Crippen molar-refractivity contribution in [1.82, 2.24) is 14.4 Å². The molecule has 9 nitrogen and oxygen atoms in total. The van der Waals surface area contributed by atoms with Crippen molar-refractivity contribution in [2.75, 3.05) is 31.5 Å². The lowest BCUT2D eigenvalue weighted by atomic mass is 9.97. The van der Waals surface area contributed by atoms with Gasteiger partial charge < -0.3 is 14.7 Å². The van der Waals surface area contributed by atoms with Crippen molar-refractivity contribution in [1.29, 1.82) is 0 Å². The van der Waals surface area contributed by atoms with E-state index in [4.69, 9.17) is 16.1 Å². The number of sulfonamides is 1. The van der Waals surface area contributed by atoms with E-state index in [0.29, 0.717) is 47.9 Å². The van der Waals surface area contributed by atoms with Gasteiger partial charge in [-0.15, -0.1) is 0 Å². The highest BCUT2D eigenvalue weighted by Crippen LogP contribution is 2.29. The maximum absolute atomic E-state index is 13.0. The highest BCUT2D eigenvalue weighted by molar-refractivity contribution is 7.89. The molecule has 3 heterocycles. The molecule has 0 radical (unpaired) electrons. The molecular formula is C22H27ClN4O5S. The van der Waals surface area contributed by atoms with Gasteiger partial charge in [0.2, 0.25) is 15.9 Å². The zero-order valence-electron chi connectivity index (χ0n) is 18.6. The van der Waals surface area contributed by atoms with Crippen LogP contribution in [0.2, 0.25) is 5.02 Å². The standard InChI is InChI=1S/C22H27ClN4O5S/c1-14-20(15(2)32-25-14)33(30,31)27-11-7-16(8-12-27)21(28)24-19-13-17(23)5-6-18(19)22(29)26-9-3-4-10-26/h5-6,13,16H,3-4,7-12H2,1-2H3,(H,24,28). The minimum Gasteiger partial charge on any atom is -0.360 e. The first kappa shape index (κ1) is 23.7. The number of hydrogen-bond donors (Lipinski definition) is 1. The topological polar surface area (TPSA) is 113 Å². The van der Waals surface area contributed by atoms with Gasteiger partial charge in [0.25, 0.3) is 5.91 Å². The first-order valence-electron chi connectivity index (χ1n) is 11.0. The van der Waals surface area contributed by atoms with Gasteiger partial charge in [-0.2, -0.15) is 4.31 Å². The summed E-state index contributed by atoms with van der Waals surface area (Å²) in [5.41, 5.74) is 1.12. The van der Waals surface area contributed by atoms with Gasteiger partial charge in [0, 0.05) is 37.1 Å². The number of aryl methyl sites for hydroxylation is 2. The largest absolute Gasteiger partial charge is 0.360 e.